The quantitative estimate of drug-likeness (QED) is 0.533. The second-order valence-electron chi connectivity index (χ2n) is 2.35. The average Bonchev–Trinajstić information content (AvgIpc) is 2.28. The van der Waals surface area contributed by atoms with Crippen LogP contribution in [0.4, 0.5) is 0 Å². The molecule has 0 fully saturated rings. The lowest BCUT2D eigenvalue weighted by Crippen LogP contribution is -2.22. The largest absolute Gasteiger partial charge is 0.478 e. The zero-order valence-corrected chi connectivity index (χ0v) is 6.65. The number of hydrogen-bond donors (Lipinski definition) is 3. The molecule has 4 N–H and O–H groups in total. The number of primary amides is 1. The molecule has 1 rings (SSSR count). The number of carbonyl (C=O) groups is 2. The Kier molecular flexibility index (Phi) is 2.49. The maximum Gasteiger partial charge on any atom is 0.335 e. The molecular weight excluding hydrogens is 172 g/mol. The van der Waals surface area contributed by atoms with Crippen molar-refractivity contribution in [2.75, 3.05) is 0 Å². The maximum absolute atomic E-state index is 10.7. The van der Waals surface area contributed by atoms with Crippen LogP contribution in [0.1, 0.15) is 0 Å². The number of carbonyl (C=O) groups excluding carboxylic acids is 1. The van der Waals surface area contributed by atoms with Gasteiger partial charge in [0.25, 0.3) is 5.91 Å². The van der Waals surface area contributed by atoms with E-state index in [0.29, 0.717) is 0 Å². The van der Waals surface area contributed by atoms with Crippen LogP contribution in [0.25, 0.3) is 0 Å². The minimum absolute atomic E-state index is 0.00931. The first-order valence-corrected chi connectivity index (χ1v) is 3.49. The van der Waals surface area contributed by atoms with Gasteiger partial charge in [-0.25, -0.2) is 4.79 Å². The predicted molar refractivity (Wildman–Crippen MR) is 45.3 cm³/mol. The van der Waals surface area contributed by atoms with Gasteiger partial charge in [0.1, 0.15) is 5.70 Å². The van der Waals surface area contributed by atoms with Gasteiger partial charge in [-0.1, -0.05) is 0 Å². The van der Waals surface area contributed by atoms with E-state index in [1.807, 2.05) is 0 Å². The van der Waals surface area contributed by atoms with Gasteiger partial charge in [0.05, 0.1) is 5.57 Å². The molecule has 0 atom stereocenters. The molecule has 0 aromatic carbocycles. The van der Waals surface area contributed by atoms with E-state index in [0.717, 1.165) is 0 Å². The van der Waals surface area contributed by atoms with Gasteiger partial charge in [-0.2, -0.15) is 0 Å². The lowest BCUT2D eigenvalue weighted by atomic mass is 10.2. The number of amides is 1. The molecule has 0 aromatic rings. The number of carboxylic acids is 1. The fourth-order valence-electron chi connectivity index (χ4n) is 0.810. The summed E-state index contributed by atoms with van der Waals surface area (Å²) in [6.07, 6.45) is 5.47. The fourth-order valence-corrected chi connectivity index (χ4v) is 0.810. The topological polar surface area (TPSA) is 92.4 Å². The summed E-state index contributed by atoms with van der Waals surface area (Å²) in [5.74, 6) is -1.80. The van der Waals surface area contributed by atoms with E-state index in [1.165, 1.54) is 24.4 Å². The number of rotatable bonds is 2. The first-order valence-electron chi connectivity index (χ1n) is 3.49. The van der Waals surface area contributed by atoms with Crippen molar-refractivity contribution < 1.29 is 14.7 Å². The number of aliphatic carboxylic acids is 1. The van der Waals surface area contributed by atoms with Gasteiger partial charge >= 0.3 is 5.97 Å². The van der Waals surface area contributed by atoms with E-state index in [9.17, 15) is 9.59 Å². The Bertz CT molecular complexity index is 339. The van der Waals surface area contributed by atoms with Crippen LogP contribution in [0.2, 0.25) is 0 Å². The summed E-state index contributed by atoms with van der Waals surface area (Å²) in [5, 5.41) is 11.2. The zero-order chi connectivity index (χ0) is 9.84. The molecule has 1 amide bonds. The molecule has 68 valence electrons. The van der Waals surface area contributed by atoms with E-state index in [2.05, 4.69) is 5.32 Å². The molecule has 0 saturated heterocycles. The molecule has 0 radical (unpaired) electrons. The van der Waals surface area contributed by atoms with Crippen molar-refractivity contribution in [3.63, 3.8) is 0 Å². The van der Waals surface area contributed by atoms with Crippen molar-refractivity contribution in [2.45, 2.75) is 0 Å². The Morgan fingerprint density at radius 2 is 2.15 bits per heavy atom. The smallest absolute Gasteiger partial charge is 0.335 e. The van der Waals surface area contributed by atoms with Gasteiger partial charge in [-0.15, -0.1) is 0 Å². The second-order valence-corrected chi connectivity index (χ2v) is 2.35. The Balaban J connectivity index is 3.03. The molecular formula is C8H8N2O3. The van der Waals surface area contributed by atoms with Crippen molar-refractivity contribution in [3.05, 3.63) is 35.7 Å². The van der Waals surface area contributed by atoms with Crippen LogP contribution in [0, 0.1) is 0 Å². The summed E-state index contributed by atoms with van der Waals surface area (Å²) in [7, 11) is 0. The number of nitrogens with two attached hydrogens (primary N) is 1. The molecule has 5 nitrogen and oxygen atoms in total. The average molecular weight is 180 g/mol. The highest BCUT2D eigenvalue weighted by Crippen LogP contribution is 2.04. The van der Waals surface area contributed by atoms with Crippen molar-refractivity contribution in [2.24, 2.45) is 5.73 Å². The molecule has 1 aliphatic rings. The highest BCUT2D eigenvalue weighted by Gasteiger charge is 2.10. The number of hydrogen-bond acceptors (Lipinski definition) is 3. The maximum atomic E-state index is 10.7. The van der Waals surface area contributed by atoms with E-state index in [-0.39, 0.29) is 11.3 Å². The normalized spacial score (nSPS) is 15.1. The lowest BCUT2D eigenvalue weighted by molar-refractivity contribution is -0.132. The van der Waals surface area contributed by atoms with E-state index in [1.54, 1.807) is 0 Å². The monoisotopic (exact) mass is 180 g/mol. The van der Waals surface area contributed by atoms with Gasteiger partial charge in [0, 0.05) is 6.20 Å². The third-order valence-corrected chi connectivity index (χ3v) is 1.42. The first kappa shape index (κ1) is 9.05. The van der Waals surface area contributed by atoms with Gasteiger partial charge in [0.15, 0.2) is 0 Å². The van der Waals surface area contributed by atoms with Crippen LogP contribution in [0.5, 0.6) is 0 Å². The summed E-state index contributed by atoms with van der Waals surface area (Å²) in [5.41, 5.74) is 5.04. The van der Waals surface area contributed by atoms with Crippen molar-refractivity contribution in [3.8, 4) is 0 Å². The van der Waals surface area contributed by atoms with Crippen LogP contribution in [-0.2, 0) is 9.59 Å². The highest BCUT2D eigenvalue weighted by atomic mass is 16.4. The third kappa shape index (κ3) is 2.19. The molecule has 0 saturated carbocycles. The fraction of sp³-hybridized carbons (Fsp3) is 0. The third-order valence-electron chi connectivity index (χ3n) is 1.42. The molecule has 5 heteroatoms. The van der Waals surface area contributed by atoms with Crippen LogP contribution in [0.3, 0.4) is 0 Å². The van der Waals surface area contributed by atoms with Crippen molar-refractivity contribution >= 4 is 11.9 Å². The highest BCUT2D eigenvalue weighted by molar-refractivity contribution is 5.97. The summed E-state index contributed by atoms with van der Waals surface area (Å²) in [6.45, 7) is 0. The number of carboxylic acid groups (broad SMARTS) is 1. The van der Waals surface area contributed by atoms with Crippen LogP contribution in [-0.4, -0.2) is 17.0 Å². The van der Waals surface area contributed by atoms with E-state index < -0.39 is 11.9 Å². The Hall–Kier alpha value is -2.04. The molecule has 0 spiro atoms. The lowest BCUT2D eigenvalue weighted by Gasteiger charge is -1.99. The van der Waals surface area contributed by atoms with Gasteiger partial charge in [-0.3, -0.25) is 4.79 Å². The molecule has 0 aliphatic carbocycles. The minimum atomic E-state index is -1.10. The Morgan fingerprint density at radius 1 is 1.46 bits per heavy atom. The van der Waals surface area contributed by atoms with Crippen LogP contribution >= 0.6 is 0 Å². The molecule has 0 bridgehead atoms. The molecule has 0 unspecified atom stereocenters. The van der Waals surface area contributed by atoms with Crippen LogP contribution in [0.15, 0.2) is 35.7 Å². The standard InChI is InChI=1S/C8H8N2O3/c9-7(11)6-4-5(8(12)13)2-1-3-10-6/h1-4,10H,(H2,9,11)(H,12,13). The van der Waals surface area contributed by atoms with E-state index in [4.69, 9.17) is 10.8 Å². The molecule has 0 aromatic heterocycles. The summed E-state index contributed by atoms with van der Waals surface area (Å²) in [4.78, 5) is 21.3. The van der Waals surface area contributed by atoms with Crippen molar-refractivity contribution in [1.29, 1.82) is 0 Å². The van der Waals surface area contributed by atoms with E-state index >= 15 is 0 Å². The number of allylic oxidation sites excluding steroid dienone is 2. The zero-order valence-electron chi connectivity index (χ0n) is 6.65. The second kappa shape index (κ2) is 3.57. The van der Waals surface area contributed by atoms with Crippen LogP contribution < -0.4 is 11.1 Å². The first-order chi connectivity index (χ1) is 6.11. The number of nitrogens with one attached hydrogen (secondary N) is 1. The Labute approximate surface area is 74.2 Å². The van der Waals surface area contributed by atoms with Gasteiger partial charge in [0.2, 0.25) is 0 Å². The van der Waals surface area contributed by atoms with Gasteiger partial charge < -0.3 is 16.2 Å². The van der Waals surface area contributed by atoms with Crippen molar-refractivity contribution in [1.82, 2.24) is 5.32 Å². The summed E-state index contributed by atoms with van der Waals surface area (Å²) < 4.78 is 0. The Morgan fingerprint density at radius 3 is 2.69 bits per heavy atom. The summed E-state index contributed by atoms with van der Waals surface area (Å²) >= 11 is 0. The minimum Gasteiger partial charge on any atom is -0.478 e. The predicted octanol–water partition coefficient (Wildman–Crippen LogP) is -0.517. The SMILES string of the molecule is NC(=O)C1=CC(C(=O)O)=CC=CN1. The van der Waals surface area contributed by atoms with Gasteiger partial charge in [-0.05, 0) is 18.2 Å². The molecule has 13 heavy (non-hydrogen) atoms. The molecule has 1 aliphatic heterocycles. The summed E-state index contributed by atoms with van der Waals surface area (Å²) in [6, 6.07) is 0. The molecule has 1 heterocycles.